The Morgan fingerprint density at radius 1 is 1.31 bits per heavy atom. The van der Waals surface area contributed by atoms with Gasteiger partial charge in [0.2, 0.25) is 0 Å². The Morgan fingerprint density at radius 2 is 1.85 bits per heavy atom. The minimum absolute atomic E-state index is 0.000417. The third-order valence-electron chi connectivity index (χ3n) is 3.69. The molecule has 78 valence electrons. The fraction of sp³-hybridized carbons (Fsp3) is 1.00. The van der Waals surface area contributed by atoms with Crippen LogP contribution in [0, 0.1) is 0 Å². The average Bonchev–Trinajstić information content (AvgIpc) is 2.17. The van der Waals surface area contributed by atoms with Gasteiger partial charge < -0.3 is 5.11 Å². The van der Waals surface area contributed by atoms with Crippen LogP contribution in [0.1, 0.15) is 46.5 Å². The Balaban J connectivity index is 2.62. The van der Waals surface area contributed by atoms with Gasteiger partial charge in [-0.2, -0.15) is 0 Å². The molecular weight excluding hydrogens is 162 g/mol. The molecule has 2 unspecified atom stereocenters. The van der Waals surface area contributed by atoms with Gasteiger partial charge in [-0.15, -0.1) is 0 Å². The van der Waals surface area contributed by atoms with Gasteiger partial charge in [0.05, 0.1) is 6.10 Å². The summed E-state index contributed by atoms with van der Waals surface area (Å²) in [6.07, 6.45) is 4.75. The van der Waals surface area contributed by atoms with Crippen molar-refractivity contribution in [2.24, 2.45) is 0 Å². The van der Waals surface area contributed by atoms with Crippen molar-refractivity contribution in [3.8, 4) is 0 Å². The predicted molar refractivity (Wildman–Crippen MR) is 55.8 cm³/mol. The molecule has 0 aromatic rings. The van der Waals surface area contributed by atoms with Crippen molar-refractivity contribution in [1.82, 2.24) is 4.90 Å². The van der Waals surface area contributed by atoms with Gasteiger partial charge >= 0.3 is 0 Å². The first kappa shape index (κ1) is 11.0. The van der Waals surface area contributed by atoms with E-state index in [2.05, 4.69) is 18.7 Å². The zero-order chi connectivity index (χ0) is 9.90. The highest BCUT2D eigenvalue weighted by Gasteiger charge is 2.35. The Labute approximate surface area is 81.9 Å². The molecule has 0 spiro atoms. The summed E-state index contributed by atoms with van der Waals surface area (Å²) in [6.45, 7) is 8.59. The van der Waals surface area contributed by atoms with E-state index in [1.807, 2.05) is 6.92 Å². The van der Waals surface area contributed by atoms with Crippen LogP contribution in [0.4, 0.5) is 0 Å². The van der Waals surface area contributed by atoms with Crippen molar-refractivity contribution < 1.29 is 5.11 Å². The van der Waals surface area contributed by atoms with Crippen LogP contribution in [-0.4, -0.2) is 34.7 Å². The summed E-state index contributed by atoms with van der Waals surface area (Å²) in [5.74, 6) is 0. The minimum Gasteiger partial charge on any atom is -0.391 e. The number of hydrogen-bond donors (Lipinski definition) is 1. The third-order valence-corrected chi connectivity index (χ3v) is 3.69. The molecule has 2 nitrogen and oxygen atoms in total. The van der Waals surface area contributed by atoms with E-state index in [9.17, 15) is 5.11 Å². The lowest BCUT2D eigenvalue weighted by molar-refractivity contribution is -0.0239. The number of hydrogen-bond acceptors (Lipinski definition) is 2. The summed E-state index contributed by atoms with van der Waals surface area (Å²) in [4.78, 5) is 2.46. The summed E-state index contributed by atoms with van der Waals surface area (Å²) in [5.41, 5.74) is 0.000417. The third kappa shape index (κ3) is 2.23. The summed E-state index contributed by atoms with van der Waals surface area (Å²) < 4.78 is 0. The van der Waals surface area contributed by atoms with Gasteiger partial charge in [-0.3, -0.25) is 4.90 Å². The highest BCUT2D eigenvalue weighted by Crippen LogP contribution is 2.26. The van der Waals surface area contributed by atoms with Crippen molar-refractivity contribution in [2.75, 3.05) is 13.1 Å². The number of piperidine rings is 1. The maximum absolute atomic E-state index is 9.78. The van der Waals surface area contributed by atoms with Crippen molar-refractivity contribution in [2.45, 2.75) is 58.1 Å². The molecule has 2 atom stereocenters. The average molecular weight is 185 g/mol. The van der Waals surface area contributed by atoms with Gasteiger partial charge in [-0.05, 0) is 46.2 Å². The van der Waals surface area contributed by atoms with E-state index >= 15 is 0 Å². The molecule has 0 aliphatic carbocycles. The summed E-state index contributed by atoms with van der Waals surface area (Å²) >= 11 is 0. The molecule has 1 rings (SSSR count). The Bertz CT molecular complexity index is 152. The largest absolute Gasteiger partial charge is 0.391 e. The van der Waals surface area contributed by atoms with Gasteiger partial charge in [0, 0.05) is 5.54 Å². The minimum atomic E-state index is -0.226. The number of aliphatic hydroxyl groups excluding tert-OH is 1. The molecule has 0 radical (unpaired) electrons. The molecule has 0 amide bonds. The van der Waals surface area contributed by atoms with Gasteiger partial charge in [0.25, 0.3) is 0 Å². The second-order valence-corrected chi connectivity index (χ2v) is 4.43. The SMILES string of the molecule is CCC(C)(C(C)O)N1CCCCC1. The van der Waals surface area contributed by atoms with Crippen molar-refractivity contribution in [1.29, 1.82) is 0 Å². The van der Waals surface area contributed by atoms with E-state index in [1.165, 1.54) is 19.3 Å². The topological polar surface area (TPSA) is 23.5 Å². The first-order valence-corrected chi connectivity index (χ1v) is 5.54. The molecule has 13 heavy (non-hydrogen) atoms. The van der Waals surface area contributed by atoms with Gasteiger partial charge in [-0.1, -0.05) is 13.3 Å². The second kappa shape index (κ2) is 4.43. The predicted octanol–water partition coefficient (Wildman–Crippen LogP) is 2.02. The van der Waals surface area contributed by atoms with E-state index in [4.69, 9.17) is 0 Å². The second-order valence-electron chi connectivity index (χ2n) is 4.43. The molecule has 0 saturated carbocycles. The molecule has 1 N–H and O–H groups in total. The normalized spacial score (nSPS) is 26.8. The molecule has 1 aliphatic rings. The maximum atomic E-state index is 9.78. The molecular formula is C11H23NO. The van der Waals surface area contributed by atoms with Gasteiger partial charge in [0.15, 0.2) is 0 Å². The summed E-state index contributed by atoms with van der Waals surface area (Å²) in [6, 6.07) is 0. The van der Waals surface area contributed by atoms with Crippen LogP contribution in [0.25, 0.3) is 0 Å². The number of aliphatic hydroxyl groups is 1. The lowest BCUT2D eigenvalue weighted by Crippen LogP contribution is -2.54. The molecule has 1 fully saturated rings. The van der Waals surface area contributed by atoms with E-state index in [0.29, 0.717) is 0 Å². The monoisotopic (exact) mass is 185 g/mol. The standard InChI is InChI=1S/C11H23NO/c1-4-11(3,10(2)13)12-8-6-5-7-9-12/h10,13H,4-9H2,1-3H3. The van der Waals surface area contributed by atoms with Crippen LogP contribution in [0.2, 0.25) is 0 Å². The van der Waals surface area contributed by atoms with Crippen LogP contribution in [0.15, 0.2) is 0 Å². The molecule has 0 aromatic heterocycles. The fourth-order valence-corrected chi connectivity index (χ4v) is 2.19. The molecule has 1 aliphatic heterocycles. The van der Waals surface area contributed by atoms with E-state index in [1.54, 1.807) is 0 Å². The smallest absolute Gasteiger partial charge is 0.0692 e. The number of nitrogens with zero attached hydrogens (tertiary/aromatic N) is 1. The van der Waals surface area contributed by atoms with Crippen LogP contribution < -0.4 is 0 Å². The first-order chi connectivity index (χ1) is 6.11. The van der Waals surface area contributed by atoms with Crippen LogP contribution in [0.5, 0.6) is 0 Å². The quantitative estimate of drug-likeness (QED) is 0.727. The molecule has 0 bridgehead atoms. The summed E-state index contributed by atoms with van der Waals surface area (Å²) in [7, 11) is 0. The maximum Gasteiger partial charge on any atom is 0.0692 e. The van der Waals surface area contributed by atoms with E-state index in [-0.39, 0.29) is 11.6 Å². The fourth-order valence-electron chi connectivity index (χ4n) is 2.19. The number of likely N-dealkylation sites (tertiary alicyclic amines) is 1. The lowest BCUT2D eigenvalue weighted by Gasteiger charge is -2.45. The zero-order valence-corrected chi connectivity index (χ0v) is 9.21. The summed E-state index contributed by atoms with van der Waals surface area (Å²) in [5, 5.41) is 9.78. The van der Waals surface area contributed by atoms with E-state index in [0.717, 1.165) is 19.5 Å². The van der Waals surface area contributed by atoms with Crippen LogP contribution >= 0.6 is 0 Å². The molecule has 1 heterocycles. The molecule has 0 aromatic carbocycles. The zero-order valence-electron chi connectivity index (χ0n) is 9.21. The Kier molecular flexibility index (Phi) is 3.74. The number of rotatable bonds is 3. The molecule has 2 heteroatoms. The van der Waals surface area contributed by atoms with Crippen LogP contribution in [-0.2, 0) is 0 Å². The highest BCUT2D eigenvalue weighted by atomic mass is 16.3. The Hall–Kier alpha value is -0.0800. The van der Waals surface area contributed by atoms with E-state index < -0.39 is 0 Å². The Morgan fingerprint density at radius 3 is 2.23 bits per heavy atom. The van der Waals surface area contributed by atoms with Gasteiger partial charge in [-0.25, -0.2) is 0 Å². The van der Waals surface area contributed by atoms with Crippen LogP contribution in [0.3, 0.4) is 0 Å². The van der Waals surface area contributed by atoms with Gasteiger partial charge in [0.1, 0.15) is 0 Å². The van der Waals surface area contributed by atoms with Crippen molar-refractivity contribution in [3.63, 3.8) is 0 Å². The van der Waals surface area contributed by atoms with Crippen molar-refractivity contribution >= 4 is 0 Å². The van der Waals surface area contributed by atoms with Crippen molar-refractivity contribution in [3.05, 3.63) is 0 Å². The first-order valence-electron chi connectivity index (χ1n) is 5.54. The lowest BCUT2D eigenvalue weighted by atomic mass is 9.88. The molecule has 1 saturated heterocycles. The highest BCUT2D eigenvalue weighted by molar-refractivity contribution is 4.90.